The first kappa shape index (κ1) is 22.8. The van der Waals surface area contributed by atoms with Crippen molar-refractivity contribution in [2.24, 2.45) is 5.73 Å². The van der Waals surface area contributed by atoms with Crippen LogP contribution in [-0.2, 0) is 4.79 Å². The van der Waals surface area contributed by atoms with Crippen LogP contribution < -0.4 is 16.0 Å². The zero-order chi connectivity index (χ0) is 22.7. The molecular formula is C22H26Cl2N6O2. The van der Waals surface area contributed by atoms with E-state index in [1.807, 2.05) is 12.1 Å². The largest absolute Gasteiger partial charge is 0.396 e. The molecule has 0 radical (unpaired) electrons. The Morgan fingerprint density at radius 1 is 1.25 bits per heavy atom. The van der Waals surface area contributed by atoms with Gasteiger partial charge in [-0.1, -0.05) is 35.3 Å². The molecule has 1 saturated heterocycles. The Balaban J connectivity index is 1.39. The first-order chi connectivity index (χ1) is 15.4. The van der Waals surface area contributed by atoms with Gasteiger partial charge in [-0.05, 0) is 37.0 Å². The van der Waals surface area contributed by atoms with Gasteiger partial charge in [-0.15, -0.1) is 0 Å². The Morgan fingerprint density at radius 3 is 2.66 bits per heavy atom. The number of amides is 1. The fourth-order valence-electron chi connectivity index (χ4n) is 4.20. The minimum Gasteiger partial charge on any atom is -0.396 e. The van der Waals surface area contributed by atoms with E-state index in [9.17, 15) is 9.90 Å². The summed E-state index contributed by atoms with van der Waals surface area (Å²) in [4.78, 5) is 26.6. The maximum absolute atomic E-state index is 12.8. The molecule has 5 N–H and O–H groups in total. The van der Waals surface area contributed by atoms with Gasteiger partial charge in [0, 0.05) is 42.9 Å². The number of halogens is 2. The predicted molar refractivity (Wildman–Crippen MR) is 126 cm³/mol. The average molecular weight is 477 g/mol. The Labute approximate surface area is 196 Å². The lowest BCUT2D eigenvalue weighted by atomic mass is 9.85. The molecule has 4 rings (SSSR count). The number of H-pyrrole nitrogens is 1. The van der Waals surface area contributed by atoms with E-state index in [2.05, 4.69) is 25.2 Å². The number of carbonyl (C=O) groups excluding carboxylic acids is 1. The number of nitrogens with one attached hydrogen (secondary N) is 2. The lowest BCUT2D eigenvalue weighted by Crippen LogP contribution is -2.53. The number of anilines is 1. The Bertz CT molecular complexity index is 1080. The van der Waals surface area contributed by atoms with E-state index in [0.717, 1.165) is 16.8 Å². The van der Waals surface area contributed by atoms with Crippen molar-refractivity contribution < 1.29 is 9.90 Å². The Morgan fingerprint density at radius 2 is 1.97 bits per heavy atom. The molecule has 3 aromatic rings. The first-order valence-corrected chi connectivity index (χ1v) is 11.3. The fourth-order valence-corrected chi connectivity index (χ4v) is 4.56. The molecule has 0 saturated carbocycles. The molecule has 1 aliphatic heterocycles. The summed E-state index contributed by atoms with van der Waals surface area (Å²) in [6.45, 7) is 1.29. The molecular weight excluding hydrogens is 451 g/mol. The second kappa shape index (κ2) is 9.62. The lowest BCUT2D eigenvalue weighted by Gasteiger charge is -2.39. The number of carbonyl (C=O) groups is 1. The third-order valence-corrected chi connectivity index (χ3v) is 6.55. The maximum atomic E-state index is 12.8. The molecule has 1 amide bonds. The van der Waals surface area contributed by atoms with Crippen LogP contribution >= 0.6 is 23.2 Å². The molecule has 10 heteroatoms. The number of rotatable bonds is 7. The van der Waals surface area contributed by atoms with E-state index >= 15 is 0 Å². The van der Waals surface area contributed by atoms with E-state index < -0.39 is 5.54 Å². The van der Waals surface area contributed by atoms with Crippen molar-refractivity contribution in [1.29, 1.82) is 0 Å². The molecule has 2 aromatic heterocycles. The van der Waals surface area contributed by atoms with Crippen LogP contribution in [0.1, 0.15) is 37.3 Å². The van der Waals surface area contributed by atoms with Gasteiger partial charge in [0.05, 0.1) is 16.5 Å². The summed E-state index contributed by atoms with van der Waals surface area (Å²) in [5.41, 5.74) is 7.59. The van der Waals surface area contributed by atoms with E-state index in [1.54, 1.807) is 18.3 Å². The number of benzene rings is 1. The van der Waals surface area contributed by atoms with Crippen LogP contribution in [-0.4, -0.2) is 51.2 Å². The summed E-state index contributed by atoms with van der Waals surface area (Å²) in [6.07, 6.45) is 5.12. The second-order valence-electron chi connectivity index (χ2n) is 8.27. The maximum Gasteiger partial charge on any atom is 0.222 e. The van der Waals surface area contributed by atoms with E-state index in [-0.39, 0.29) is 25.0 Å². The molecule has 8 nitrogen and oxygen atoms in total. The molecule has 0 aliphatic carbocycles. The number of aliphatic hydroxyl groups is 1. The highest BCUT2D eigenvalue weighted by Gasteiger charge is 2.34. The number of aliphatic hydroxyl groups excluding tert-OH is 1. The van der Waals surface area contributed by atoms with Crippen LogP contribution in [0.15, 0.2) is 36.8 Å². The Kier molecular flexibility index (Phi) is 6.85. The number of piperidine rings is 1. The summed E-state index contributed by atoms with van der Waals surface area (Å²) in [7, 11) is 0. The van der Waals surface area contributed by atoms with E-state index in [1.165, 1.54) is 6.33 Å². The van der Waals surface area contributed by atoms with Crippen LogP contribution in [0.3, 0.4) is 0 Å². The standard InChI is InChI=1S/C22H26Cl2N6O2/c23-15-3-1-14(2-4-15)17(5-10-31)29-18(32)11-22(25)6-8-30(9-7-22)21-19-16(24)12-26-20(19)27-13-28-21/h1-4,12-13,17,31H,5-11,25H2,(H,29,32)(H,26,27,28)/t17-/m0/s1. The molecule has 1 aliphatic rings. The van der Waals surface area contributed by atoms with Crippen LogP contribution in [0.5, 0.6) is 0 Å². The lowest BCUT2D eigenvalue weighted by molar-refractivity contribution is -0.123. The highest BCUT2D eigenvalue weighted by molar-refractivity contribution is 6.36. The van der Waals surface area contributed by atoms with Crippen LogP contribution in [0.2, 0.25) is 10.0 Å². The average Bonchev–Trinajstić information content (AvgIpc) is 3.15. The SMILES string of the molecule is NC1(CC(=O)N[C@@H](CCO)c2ccc(Cl)cc2)CCN(c2ncnc3[nH]cc(Cl)c23)CC1. The van der Waals surface area contributed by atoms with Crippen molar-refractivity contribution in [3.05, 3.63) is 52.4 Å². The number of nitrogens with zero attached hydrogens (tertiary/aromatic N) is 3. The number of fused-ring (bicyclic) bond motifs is 1. The van der Waals surface area contributed by atoms with E-state index in [4.69, 9.17) is 28.9 Å². The minimum atomic E-state index is -0.613. The summed E-state index contributed by atoms with van der Waals surface area (Å²) in [5, 5.41) is 14.4. The topological polar surface area (TPSA) is 120 Å². The minimum absolute atomic E-state index is 0.0363. The van der Waals surface area contributed by atoms with Crippen molar-refractivity contribution in [3.63, 3.8) is 0 Å². The molecule has 1 aromatic carbocycles. The molecule has 170 valence electrons. The van der Waals surface area contributed by atoms with Gasteiger partial charge in [0.15, 0.2) is 0 Å². The van der Waals surface area contributed by atoms with Gasteiger partial charge in [0.1, 0.15) is 17.8 Å². The molecule has 32 heavy (non-hydrogen) atoms. The van der Waals surface area contributed by atoms with Crippen LogP contribution in [0, 0.1) is 0 Å². The van der Waals surface area contributed by atoms with E-state index in [0.29, 0.717) is 48.0 Å². The number of hydrogen-bond acceptors (Lipinski definition) is 6. The first-order valence-electron chi connectivity index (χ1n) is 10.6. The number of nitrogens with two attached hydrogens (primary N) is 1. The Hall–Kier alpha value is -2.39. The summed E-state index contributed by atoms with van der Waals surface area (Å²) >= 11 is 12.3. The van der Waals surface area contributed by atoms with Crippen molar-refractivity contribution in [3.8, 4) is 0 Å². The van der Waals surface area contributed by atoms with Crippen molar-refractivity contribution in [2.45, 2.75) is 37.3 Å². The van der Waals surface area contributed by atoms with Gasteiger partial charge >= 0.3 is 0 Å². The van der Waals surface area contributed by atoms with Gasteiger partial charge in [-0.3, -0.25) is 4.79 Å². The third-order valence-electron chi connectivity index (χ3n) is 6.00. The van der Waals surface area contributed by atoms with Gasteiger partial charge in [0.25, 0.3) is 0 Å². The molecule has 0 spiro atoms. The van der Waals surface area contributed by atoms with Gasteiger partial charge in [-0.2, -0.15) is 0 Å². The van der Waals surface area contributed by atoms with Gasteiger partial charge in [-0.25, -0.2) is 9.97 Å². The van der Waals surface area contributed by atoms with Crippen LogP contribution in [0.25, 0.3) is 11.0 Å². The highest BCUT2D eigenvalue weighted by atomic mass is 35.5. The van der Waals surface area contributed by atoms with Gasteiger partial charge in [0.2, 0.25) is 5.91 Å². The zero-order valence-electron chi connectivity index (χ0n) is 17.5. The van der Waals surface area contributed by atoms with Crippen molar-refractivity contribution >= 4 is 46.0 Å². The number of hydrogen-bond donors (Lipinski definition) is 4. The molecule has 0 bridgehead atoms. The molecule has 0 unspecified atom stereocenters. The van der Waals surface area contributed by atoms with Gasteiger partial charge < -0.3 is 26.0 Å². The normalized spacial score (nSPS) is 16.8. The quantitative estimate of drug-likeness (QED) is 0.415. The zero-order valence-corrected chi connectivity index (χ0v) is 19.0. The number of aromatic amines is 1. The molecule has 1 fully saturated rings. The van der Waals surface area contributed by atoms with Crippen LogP contribution in [0.4, 0.5) is 5.82 Å². The highest BCUT2D eigenvalue weighted by Crippen LogP contribution is 2.33. The fraction of sp³-hybridized carbons (Fsp3) is 0.409. The summed E-state index contributed by atoms with van der Waals surface area (Å²) in [6, 6.07) is 6.96. The summed E-state index contributed by atoms with van der Waals surface area (Å²) in [5.74, 6) is 0.644. The predicted octanol–water partition coefficient (Wildman–Crippen LogP) is 3.19. The summed E-state index contributed by atoms with van der Waals surface area (Å²) < 4.78 is 0. The van der Waals surface area contributed by atoms with Crippen molar-refractivity contribution in [2.75, 3.05) is 24.6 Å². The third kappa shape index (κ3) is 4.99. The monoisotopic (exact) mass is 476 g/mol. The molecule has 3 heterocycles. The van der Waals surface area contributed by atoms with Crippen molar-refractivity contribution in [1.82, 2.24) is 20.3 Å². The molecule has 1 atom stereocenters. The number of aromatic nitrogens is 3. The smallest absolute Gasteiger partial charge is 0.222 e. The second-order valence-corrected chi connectivity index (χ2v) is 9.11.